The molecule has 0 aromatic rings. The summed E-state index contributed by atoms with van der Waals surface area (Å²) in [6, 6.07) is -0.109. The van der Waals surface area contributed by atoms with Gasteiger partial charge in [0.1, 0.15) is 0 Å². The number of methoxy groups -OCH3 is 1. The van der Waals surface area contributed by atoms with Crippen molar-refractivity contribution < 1.29 is 14.6 Å². The van der Waals surface area contributed by atoms with Gasteiger partial charge in [0.25, 0.3) is 0 Å². The van der Waals surface area contributed by atoms with Crippen LogP contribution in [0.15, 0.2) is 0 Å². The minimum absolute atomic E-state index is 0.109. The van der Waals surface area contributed by atoms with Crippen LogP contribution < -0.4 is 0 Å². The van der Waals surface area contributed by atoms with Crippen LogP contribution in [0.4, 0.5) is 4.79 Å². The SMILES string of the molecule is COC(=O)N1CC[C@@H](O)[C@H]1C. The second-order valence-corrected chi connectivity index (χ2v) is 2.76. The van der Waals surface area contributed by atoms with Gasteiger partial charge in [0.15, 0.2) is 0 Å². The van der Waals surface area contributed by atoms with Crippen molar-refractivity contribution in [2.75, 3.05) is 13.7 Å². The van der Waals surface area contributed by atoms with E-state index in [2.05, 4.69) is 4.74 Å². The molecular weight excluding hydrogens is 146 g/mol. The quantitative estimate of drug-likeness (QED) is 0.549. The Kier molecular flexibility index (Phi) is 2.34. The Labute approximate surface area is 65.8 Å². The lowest BCUT2D eigenvalue weighted by Gasteiger charge is -2.20. The molecule has 1 aliphatic heterocycles. The summed E-state index contributed by atoms with van der Waals surface area (Å²) in [5, 5.41) is 9.26. The fourth-order valence-corrected chi connectivity index (χ4v) is 1.30. The first-order valence-corrected chi connectivity index (χ1v) is 3.69. The number of rotatable bonds is 0. The summed E-state index contributed by atoms with van der Waals surface area (Å²) in [6.07, 6.45) is -0.0980. The van der Waals surface area contributed by atoms with E-state index >= 15 is 0 Å². The van der Waals surface area contributed by atoms with Gasteiger partial charge in [0, 0.05) is 6.54 Å². The molecule has 1 saturated heterocycles. The van der Waals surface area contributed by atoms with Gasteiger partial charge < -0.3 is 14.7 Å². The topological polar surface area (TPSA) is 49.8 Å². The molecule has 1 aliphatic rings. The molecule has 0 radical (unpaired) electrons. The third-order valence-electron chi connectivity index (χ3n) is 2.12. The summed E-state index contributed by atoms with van der Waals surface area (Å²) in [6.45, 7) is 2.41. The second-order valence-electron chi connectivity index (χ2n) is 2.76. The smallest absolute Gasteiger partial charge is 0.409 e. The highest BCUT2D eigenvalue weighted by Gasteiger charge is 2.32. The number of likely N-dealkylation sites (tertiary alicyclic amines) is 1. The van der Waals surface area contributed by atoms with E-state index < -0.39 is 6.10 Å². The van der Waals surface area contributed by atoms with E-state index in [1.165, 1.54) is 12.0 Å². The summed E-state index contributed by atoms with van der Waals surface area (Å²) < 4.78 is 4.53. The van der Waals surface area contributed by atoms with Crippen LogP contribution in [-0.2, 0) is 4.74 Å². The Morgan fingerprint density at radius 2 is 2.36 bits per heavy atom. The second kappa shape index (κ2) is 3.09. The van der Waals surface area contributed by atoms with Crippen LogP contribution in [0.5, 0.6) is 0 Å². The lowest BCUT2D eigenvalue weighted by atomic mass is 10.2. The zero-order valence-corrected chi connectivity index (χ0v) is 6.78. The number of nitrogens with zero attached hydrogens (tertiary/aromatic N) is 1. The Hall–Kier alpha value is -0.770. The molecule has 0 aromatic heterocycles. The molecule has 0 aliphatic carbocycles. The number of aliphatic hydroxyl groups is 1. The molecule has 1 fully saturated rings. The maximum absolute atomic E-state index is 11.0. The van der Waals surface area contributed by atoms with E-state index in [1.54, 1.807) is 0 Å². The fourth-order valence-electron chi connectivity index (χ4n) is 1.30. The van der Waals surface area contributed by atoms with Crippen LogP contribution in [0.1, 0.15) is 13.3 Å². The predicted molar refractivity (Wildman–Crippen MR) is 39.2 cm³/mol. The standard InChI is InChI=1S/C7H13NO3/c1-5-6(9)3-4-8(5)7(10)11-2/h5-6,9H,3-4H2,1-2H3/t5-,6-/m1/s1. The maximum atomic E-state index is 11.0. The Morgan fingerprint density at radius 1 is 1.73 bits per heavy atom. The molecule has 0 unspecified atom stereocenters. The summed E-state index contributed by atoms with van der Waals surface area (Å²) in [5.74, 6) is 0. The molecule has 11 heavy (non-hydrogen) atoms. The van der Waals surface area contributed by atoms with Crippen molar-refractivity contribution in [3.8, 4) is 0 Å². The van der Waals surface area contributed by atoms with Crippen molar-refractivity contribution in [1.82, 2.24) is 4.90 Å². The lowest BCUT2D eigenvalue weighted by molar-refractivity contribution is 0.0953. The highest BCUT2D eigenvalue weighted by Crippen LogP contribution is 2.17. The molecular formula is C7H13NO3. The molecule has 1 amide bonds. The van der Waals surface area contributed by atoms with Gasteiger partial charge in [-0.05, 0) is 13.3 Å². The average Bonchev–Trinajstić information content (AvgIpc) is 2.32. The van der Waals surface area contributed by atoms with Crippen LogP contribution in [0, 0.1) is 0 Å². The largest absolute Gasteiger partial charge is 0.453 e. The minimum atomic E-state index is -0.394. The van der Waals surface area contributed by atoms with Crippen LogP contribution >= 0.6 is 0 Å². The van der Waals surface area contributed by atoms with Gasteiger partial charge in [-0.2, -0.15) is 0 Å². The number of carbonyl (C=O) groups excluding carboxylic acids is 1. The number of carbonyl (C=O) groups is 1. The average molecular weight is 159 g/mol. The highest BCUT2D eigenvalue weighted by molar-refractivity contribution is 5.68. The Bertz CT molecular complexity index is 160. The molecule has 1 N–H and O–H groups in total. The molecule has 1 heterocycles. The number of ether oxygens (including phenoxy) is 1. The highest BCUT2D eigenvalue weighted by atomic mass is 16.5. The molecule has 1 rings (SSSR count). The van der Waals surface area contributed by atoms with Gasteiger partial charge in [-0.15, -0.1) is 0 Å². The van der Waals surface area contributed by atoms with Crippen molar-refractivity contribution in [1.29, 1.82) is 0 Å². The number of hydrogen-bond donors (Lipinski definition) is 1. The third-order valence-corrected chi connectivity index (χ3v) is 2.12. The summed E-state index contributed by atoms with van der Waals surface area (Å²) in [4.78, 5) is 12.5. The van der Waals surface area contributed by atoms with E-state index in [0.717, 1.165) is 0 Å². The van der Waals surface area contributed by atoms with Crippen molar-refractivity contribution in [2.45, 2.75) is 25.5 Å². The monoisotopic (exact) mass is 159 g/mol. The Morgan fingerprint density at radius 3 is 2.73 bits per heavy atom. The van der Waals surface area contributed by atoms with Crippen molar-refractivity contribution >= 4 is 6.09 Å². The number of aliphatic hydroxyl groups excluding tert-OH is 1. The van der Waals surface area contributed by atoms with Gasteiger partial charge in [-0.1, -0.05) is 0 Å². The van der Waals surface area contributed by atoms with Crippen LogP contribution in [0.2, 0.25) is 0 Å². The van der Waals surface area contributed by atoms with Gasteiger partial charge in [-0.3, -0.25) is 0 Å². The maximum Gasteiger partial charge on any atom is 0.409 e. The first-order valence-electron chi connectivity index (χ1n) is 3.69. The van der Waals surface area contributed by atoms with Gasteiger partial charge in [0.2, 0.25) is 0 Å². The normalized spacial score (nSPS) is 30.6. The Balaban J connectivity index is 2.54. The molecule has 0 spiro atoms. The third kappa shape index (κ3) is 1.45. The lowest BCUT2D eigenvalue weighted by Crippen LogP contribution is -2.37. The zero-order chi connectivity index (χ0) is 8.43. The van der Waals surface area contributed by atoms with E-state index in [-0.39, 0.29) is 12.1 Å². The fraction of sp³-hybridized carbons (Fsp3) is 0.857. The summed E-state index contributed by atoms with van der Waals surface area (Å²) in [5.41, 5.74) is 0. The van der Waals surface area contributed by atoms with Crippen molar-refractivity contribution in [3.05, 3.63) is 0 Å². The van der Waals surface area contributed by atoms with Crippen LogP contribution in [0.25, 0.3) is 0 Å². The molecule has 2 atom stereocenters. The summed E-state index contributed by atoms with van der Waals surface area (Å²) in [7, 11) is 1.35. The van der Waals surface area contributed by atoms with Crippen molar-refractivity contribution in [3.63, 3.8) is 0 Å². The number of hydrogen-bond acceptors (Lipinski definition) is 3. The van der Waals surface area contributed by atoms with Crippen molar-refractivity contribution in [2.24, 2.45) is 0 Å². The van der Waals surface area contributed by atoms with Crippen LogP contribution in [-0.4, -0.2) is 41.9 Å². The van der Waals surface area contributed by atoms with E-state index in [1.807, 2.05) is 6.92 Å². The molecule has 0 saturated carbocycles. The van der Waals surface area contributed by atoms with E-state index in [0.29, 0.717) is 13.0 Å². The zero-order valence-electron chi connectivity index (χ0n) is 6.78. The van der Waals surface area contributed by atoms with Crippen LogP contribution in [0.3, 0.4) is 0 Å². The minimum Gasteiger partial charge on any atom is -0.453 e. The molecule has 4 heteroatoms. The molecule has 64 valence electrons. The molecule has 0 bridgehead atoms. The molecule has 4 nitrogen and oxygen atoms in total. The molecule has 0 aromatic carbocycles. The van der Waals surface area contributed by atoms with Gasteiger partial charge in [0.05, 0.1) is 19.3 Å². The summed E-state index contributed by atoms with van der Waals surface area (Å²) >= 11 is 0. The van der Waals surface area contributed by atoms with E-state index in [4.69, 9.17) is 0 Å². The first kappa shape index (κ1) is 8.33. The van der Waals surface area contributed by atoms with E-state index in [9.17, 15) is 9.90 Å². The van der Waals surface area contributed by atoms with Gasteiger partial charge in [-0.25, -0.2) is 4.79 Å². The predicted octanol–water partition coefficient (Wildman–Crippen LogP) is 0.208. The first-order chi connectivity index (χ1) is 5.16. The number of amides is 1. The van der Waals surface area contributed by atoms with Gasteiger partial charge >= 0.3 is 6.09 Å².